The molecule has 102 valence electrons. The summed E-state index contributed by atoms with van der Waals surface area (Å²) in [5, 5.41) is 8.94. The molecule has 0 amide bonds. The topological polar surface area (TPSA) is 33.1 Å². The summed E-state index contributed by atoms with van der Waals surface area (Å²) < 4.78 is 50.5. The van der Waals surface area contributed by atoms with Crippen LogP contribution in [-0.2, 0) is 6.18 Å². The molecule has 2 aromatic rings. The van der Waals surface area contributed by atoms with E-state index in [2.05, 4.69) is 20.9 Å². The number of rotatable bonds is 2. The zero-order chi connectivity index (χ0) is 14.2. The van der Waals surface area contributed by atoms with Crippen LogP contribution in [0.25, 0.3) is 0 Å². The van der Waals surface area contributed by atoms with E-state index in [1.807, 2.05) is 0 Å². The van der Waals surface area contributed by atoms with Gasteiger partial charge in [-0.2, -0.15) is 13.2 Å². The van der Waals surface area contributed by atoms with Crippen molar-refractivity contribution in [3.8, 4) is 0 Å². The smallest absolute Gasteiger partial charge is 0.383 e. The molecule has 1 atom stereocenters. The van der Waals surface area contributed by atoms with Gasteiger partial charge in [0.05, 0.1) is 9.35 Å². The molecule has 8 heteroatoms. The highest BCUT2D eigenvalue weighted by atomic mass is 79.9. The molecule has 2 nitrogen and oxygen atoms in total. The number of thiazole rings is 1. The molecule has 1 N–H and O–H groups in total. The first-order chi connectivity index (χ1) is 8.80. The van der Waals surface area contributed by atoms with Crippen LogP contribution in [0.3, 0.4) is 0 Å². The Hall–Kier alpha value is -0.990. The molecule has 1 aromatic heterocycles. The van der Waals surface area contributed by atoms with E-state index >= 15 is 0 Å². The number of hydrogen-bond acceptors (Lipinski definition) is 3. The lowest BCUT2D eigenvalue weighted by atomic mass is 10.1. The van der Waals surface area contributed by atoms with Crippen molar-refractivity contribution in [2.24, 2.45) is 0 Å². The molecule has 0 bridgehead atoms. The summed E-state index contributed by atoms with van der Waals surface area (Å²) >= 11 is 3.28. The summed E-state index contributed by atoms with van der Waals surface area (Å²) in [7, 11) is 0. The highest BCUT2D eigenvalue weighted by Crippen LogP contribution is 2.37. The summed E-state index contributed by atoms with van der Waals surface area (Å²) in [6.45, 7) is 0. The zero-order valence-electron chi connectivity index (χ0n) is 9.08. The van der Waals surface area contributed by atoms with Crippen LogP contribution in [0.5, 0.6) is 0 Å². The van der Waals surface area contributed by atoms with Crippen molar-refractivity contribution in [1.82, 2.24) is 4.98 Å². The van der Waals surface area contributed by atoms with Gasteiger partial charge in [-0.3, -0.25) is 0 Å². The lowest BCUT2D eigenvalue weighted by Crippen LogP contribution is -2.03. The lowest BCUT2D eigenvalue weighted by Gasteiger charge is -2.11. The number of aliphatic hydroxyl groups is 1. The van der Waals surface area contributed by atoms with Crippen LogP contribution in [0.1, 0.15) is 21.6 Å². The van der Waals surface area contributed by atoms with Gasteiger partial charge in [-0.1, -0.05) is 12.1 Å². The lowest BCUT2D eigenvalue weighted by molar-refractivity contribution is -0.137. The second-order valence-electron chi connectivity index (χ2n) is 3.61. The molecule has 1 aromatic carbocycles. The fourth-order valence-corrected chi connectivity index (χ4v) is 2.70. The number of benzene rings is 1. The van der Waals surface area contributed by atoms with Gasteiger partial charge < -0.3 is 5.11 Å². The molecule has 1 unspecified atom stereocenters. The Labute approximate surface area is 117 Å². The van der Waals surface area contributed by atoms with Gasteiger partial charge in [-0.25, -0.2) is 9.37 Å². The van der Waals surface area contributed by atoms with E-state index in [1.54, 1.807) is 0 Å². The van der Waals surface area contributed by atoms with Gasteiger partial charge in [0, 0.05) is 11.8 Å². The molecule has 0 radical (unpaired) electrons. The number of hydrogen-bond donors (Lipinski definition) is 1. The second kappa shape index (κ2) is 5.18. The van der Waals surface area contributed by atoms with E-state index in [0.29, 0.717) is 11.3 Å². The SMILES string of the molecule is OC(c1cnc(C(F)(F)F)s1)c1cccc(F)c1Br. The van der Waals surface area contributed by atoms with Crippen LogP contribution in [0.2, 0.25) is 0 Å². The van der Waals surface area contributed by atoms with Gasteiger partial charge in [-0.15, -0.1) is 11.3 Å². The maximum absolute atomic E-state index is 13.3. The van der Waals surface area contributed by atoms with E-state index in [1.165, 1.54) is 18.2 Å². The second-order valence-corrected chi connectivity index (χ2v) is 5.47. The van der Waals surface area contributed by atoms with Crippen molar-refractivity contribution in [3.63, 3.8) is 0 Å². The molecular weight excluding hydrogens is 350 g/mol. The van der Waals surface area contributed by atoms with Crippen LogP contribution >= 0.6 is 27.3 Å². The van der Waals surface area contributed by atoms with Gasteiger partial charge in [0.15, 0.2) is 5.01 Å². The third kappa shape index (κ3) is 2.96. The standard InChI is InChI=1S/C11H6BrF4NOS/c12-8-5(2-1-3-6(8)13)9(18)7-4-17-10(19-7)11(14,15)16/h1-4,9,18H. The van der Waals surface area contributed by atoms with E-state index in [4.69, 9.17) is 0 Å². The van der Waals surface area contributed by atoms with Gasteiger partial charge in [-0.05, 0) is 22.0 Å². The predicted molar refractivity (Wildman–Crippen MR) is 65.3 cm³/mol. The van der Waals surface area contributed by atoms with Gasteiger partial charge in [0.25, 0.3) is 0 Å². The van der Waals surface area contributed by atoms with Crippen molar-refractivity contribution in [3.05, 3.63) is 50.1 Å². The van der Waals surface area contributed by atoms with Crippen molar-refractivity contribution in [2.75, 3.05) is 0 Å². The van der Waals surface area contributed by atoms with Crippen molar-refractivity contribution in [1.29, 1.82) is 0 Å². The zero-order valence-corrected chi connectivity index (χ0v) is 11.5. The Morgan fingerprint density at radius 3 is 2.58 bits per heavy atom. The van der Waals surface area contributed by atoms with Crippen LogP contribution in [0.4, 0.5) is 17.6 Å². The monoisotopic (exact) mass is 355 g/mol. The molecule has 19 heavy (non-hydrogen) atoms. The van der Waals surface area contributed by atoms with Crippen LogP contribution in [0.15, 0.2) is 28.9 Å². The highest BCUT2D eigenvalue weighted by molar-refractivity contribution is 9.10. The molecule has 0 aliphatic heterocycles. The number of halogens is 5. The highest BCUT2D eigenvalue weighted by Gasteiger charge is 2.35. The fourth-order valence-electron chi connectivity index (χ4n) is 1.43. The molecule has 1 heterocycles. The number of aliphatic hydroxyl groups excluding tert-OH is 1. The average molecular weight is 356 g/mol. The summed E-state index contributed by atoms with van der Waals surface area (Å²) in [5.41, 5.74) is 0.150. The molecule has 0 aliphatic carbocycles. The van der Waals surface area contributed by atoms with Crippen molar-refractivity contribution < 1.29 is 22.7 Å². The van der Waals surface area contributed by atoms with E-state index < -0.39 is 23.1 Å². The number of aromatic nitrogens is 1. The minimum absolute atomic E-state index is 0.00127. The Kier molecular flexibility index (Phi) is 3.93. The third-order valence-corrected chi connectivity index (χ3v) is 4.24. The van der Waals surface area contributed by atoms with Crippen LogP contribution in [-0.4, -0.2) is 10.1 Å². The number of nitrogens with zero attached hydrogens (tertiary/aromatic N) is 1. The molecule has 0 spiro atoms. The van der Waals surface area contributed by atoms with Crippen molar-refractivity contribution >= 4 is 27.3 Å². The Balaban J connectivity index is 2.37. The minimum atomic E-state index is -4.55. The Morgan fingerprint density at radius 1 is 1.32 bits per heavy atom. The average Bonchev–Trinajstić information content (AvgIpc) is 2.81. The van der Waals surface area contributed by atoms with E-state index in [-0.39, 0.29) is 14.9 Å². The molecule has 0 fully saturated rings. The first-order valence-electron chi connectivity index (χ1n) is 4.95. The molecule has 2 rings (SSSR count). The van der Waals surface area contributed by atoms with Gasteiger partial charge in [0.2, 0.25) is 0 Å². The molecule has 0 saturated heterocycles. The normalized spacial score (nSPS) is 13.6. The minimum Gasteiger partial charge on any atom is -0.383 e. The predicted octanol–water partition coefficient (Wildman–Crippen LogP) is 4.15. The van der Waals surface area contributed by atoms with Crippen LogP contribution < -0.4 is 0 Å². The largest absolute Gasteiger partial charge is 0.443 e. The first kappa shape index (κ1) is 14.4. The maximum Gasteiger partial charge on any atom is 0.443 e. The Morgan fingerprint density at radius 2 is 2.00 bits per heavy atom. The molecule has 0 saturated carbocycles. The Bertz CT molecular complexity index is 599. The quantitative estimate of drug-likeness (QED) is 0.821. The van der Waals surface area contributed by atoms with Gasteiger partial charge in [0.1, 0.15) is 11.9 Å². The summed E-state index contributed by atoms with van der Waals surface area (Å²) in [4.78, 5) is 3.21. The van der Waals surface area contributed by atoms with E-state index in [9.17, 15) is 22.7 Å². The first-order valence-corrected chi connectivity index (χ1v) is 6.56. The fraction of sp³-hybridized carbons (Fsp3) is 0.182. The van der Waals surface area contributed by atoms with Crippen molar-refractivity contribution in [2.45, 2.75) is 12.3 Å². The third-order valence-electron chi connectivity index (χ3n) is 2.31. The molecule has 0 aliphatic rings. The van der Waals surface area contributed by atoms with E-state index in [0.717, 1.165) is 6.20 Å². The summed E-state index contributed by atoms with van der Waals surface area (Å²) in [5.74, 6) is -0.600. The number of alkyl halides is 3. The summed E-state index contributed by atoms with van der Waals surface area (Å²) in [6.07, 6.45) is -4.98. The summed E-state index contributed by atoms with van der Waals surface area (Å²) in [6, 6.07) is 3.96. The van der Waals surface area contributed by atoms with Gasteiger partial charge >= 0.3 is 6.18 Å². The maximum atomic E-state index is 13.3. The molecular formula is C11H6BrF4NOS. The van der Waals surface area contributed by atoms with Crippen LogP contribution in [0, 0.1) is 5.82 Å².